The zero-order valence-electron chi connectivity index (χ0n) is 6.92. The van der Waals surface area contributed by atoms with Gasteiger partial charge in [-0.15, -0.1) is 0 Å². The Balaban J connectivity index is 2.82. The van der Waals surface area contributed by atoms with E-state index in [1.54, 1.807) is 30.3 Å². The van der Waals surface area contributed by atoms with Gasteiger partial charge in [-0.1, -0.05) is 18.2 Å². The van der Waals surface area contributed by atoms with E-state index in [9.17, 15) is 11.5 Å². The molecule has 0 amide bonds. The highest BCUT2D eigenvalue weighted by molar-refractivity contribution is 14.1. The van der Waals surface area contributed by atoms with Gasteiger partial charge >= 0.3 is 0 Å². The van der Waals surface area contributed by atoms with Crippen molar-refractivity contribution in [3.05, 3.63) is 30.3 Å². The molecular weight excluding hydrogens is 321 g/mol. The van der Waals surface area contributed by atoms with Crippen molar-refractivity contribution in [3.63, 3.8) is 0 Å². The van der Waals surface area contributed by atoms with Gasteiger partial charge in [-0.3, -0.25) is 7.62 Å². The number of para-hydroxylation sites is 1. The summed E-state index contributed by atoms with van der Waals surface area (Å²) < 4.78 is 39.3. The molecule has 1 atom stereocenters. The van der Waals surface area contributed by atoms with Crippen LogP contribution in [0.15, 0.2) is 30.3 Å². The van der Waals surface area contributed by atoms with Crippen molar-refractivity contribution in [2.24, 2.45) is 0 Å². The summed E-state index contributed by atoms with van der Waals surface area (Å²) in [6, 6.07) is 8.41. The quantitative estimate of drug-likeness (QED) is 0.379. The van der Waals surface area contributed by atoms with E-state index < -0.39 is 34.7 Å². The highest BCUT2D eigenvalue weighted by Gasteiger charge is 2.22. The molecule has 0 heterocycles. The van der Waals surface area contributed by atoms with Crippen LogP contribution >= 0.6 is 21.2 Å². The first-order chi connectivity index (χ1) is 6.54. The number of hydrogen-bond donors (Lipinski definition) is 2. The Kier molecular flexibility index (Phi) is 3.96. The number of anilines is 1. The predicted octanol–water partition coefficient (Wildman–Crippen LogP) is 1.59. The van der Waals surface area contributed by atoms with Crippen LogP contribution in [0.25, 0.3) is 0 Å². The van der Waals surface area contributed by atoms with Crippen LogP contribution in [0.4, 0.5) is 5.69 Å². The van der Waals surface area contributed by atoms with Gasteiger partial charge in [-0.05, 0) is 12.1 Å². The van der Waals surface area contributed by atoms with Crippen LogP contribution < -0.4 is 5.32 Å². The predicted molar refractivity (Wildman–Crippen MR) is 60.1 cm³/mol. The van der Waals surface area contributed by atoms with Crippen molar-refractivity contribution in [3.8, 4) is 0 Å². The summed E-state index contributed by atoms with van der Waals surface area (Å²) in [5.74, 6) is 0. The van der Waals surface area contributed by atoms with Gasteiger partial charge < -0.3 is 5.32 Å². The van der Waals surface area contributed by atoms with Crippen LogP contribution in [0.2, 0.25) is 0 Å². The number of alkyl halides is 1. The minimum atomic E-state index is -4.29. The smallest absolute Gasteiger partial charge is 0.298 e. The Morgan fingerprint density at radius 3 is 2.29 bits per heavy atom. The molecule has 0 aromatic heterocycles. The summed E-state index contributed by atoms with van der Waals surface area (Å²) in [5, 5.41) is 2.47. The van der Waals surface area contributed by atoms with E-state index in [1.807, 2.05) is 0 Å². The first-order valence-corrected chi connectivity index (χ1v) is 7.20. The molecule has 0 saturated carbocycles. The molecule has 5 nitrogen and oxygen atoms in total. The molecule has 2 N–H and O–H groups in total. The van der Waals surface area contributed by atoms with E-state index in [4.69, 9.17) is 4.55 Å². The fourth-order valence-electron chi connectivity index (χ4n) is 0.808. The van der Waals surface area contributed by atoms with Crippen LogP contribution in [-0.4, -0.2) is 16.4 Å². The summed E-state index contributed by atoms with van der Waals surface area (Å²) in [7, 11) is -4.29. The average Bonchev–Trinajstić information content (AvgIpc) is 2.14. The molecule has 7 heteroatoms. The van der Waals surface area contributed by atoms with Crippen molar-refractivity contribution in [1.82, 2.24) is 0 Å². The van der Waals surface area contributed by atoms with Crippen molar-refractivity contribution in [1.29, 1.82) is 0 Å². The molecule has 0 fully saturated rings. The van der Waals surface area contributed by atoms with Gasteiger partial charge in [0.05, 0.1) is 0 Å². The molecule has 0 bridgehead atoms. The van der Waals surface area contributed by atoms with Gasteiger partial charge in [0.1, 0.15) is 0 Å². The minimum Gasteiger partial charge on any atom is -0.357 e. The molecule has 0 spiro atoms. The molecule has 1 rings (SSSR count). The largest absolute Gasteiger partial charge is 0.357 e. The average molecular weight is 329 g/mol. The Morgan fingerprint density at radius 1 is 1.29 bits per heavy atom. The molecule has 14 heavy (non-hydrogen) atoms. The van der Waals surface area contributed by atoms with Crippen LogP contribution in [0.5, 0.6) is 0 Å². The van der Waals surface area contributed by atoms with Crippen LogP contribution in [0, 0.1) is 0 Å². The van der Waals surface area contributed by atoms with Gasteiger partial charge in [0.15, 0.2) is 21.2 Å². The van der Waals surface area contributed by atoms with Crippen LogP contribution in [0.3, 0.4) is 0 Å². The lowest BCUT2D eigenvalue weighted by molar-refractivity contribution is 0.483. The van der Waals surface area contributed by atoms with Gasteiger partial charge in [0, 0.05) is 5.69 Å². The summed E-state index contributed by atoms with van der Waals surface area (Å²) in [6.45, 7) is 0. The monoisotopic (exact) mass is 329 g/mol. The summed E-state index contributed by atoms with van der Waals surface area (Å²) >= 11 is -1.87. The molecule has 0 radical (unpaired) electrons. The molecule has 1 aromatic rings. The first-order valence-electron chi connectivity index (χ1n) is 3.57. The Morgan fingerprint density at radius 2 is 1.86 bits per heavy atom. The number of nitrogens with one attached hydrogen (secondary N) is 1. The fraction of sp³-hybridized carbons (Fsp3) is 0.143. The van der Waals surface area contributed by atoms with Gasteiger partial charge in [0.2, 0.25) is 3.38 Å². The second kappa shape index (κ2) is 4.80. The van der Waals surface area contributed by atoms with Gasteiger partial charge in [-0.25, -0.2) is 0 Å². The normalized spacial score (nSPS) is 13.5. The van der Waals surface area contributed by atoms with Crippen molar-refractivity contribution in [2.75, 3.05) is 5.32 Å². The van der Waals surface area contributed by atoms with E-state index >= 15 is 0 Å². The number of halogens is 1. The van der Waals surface area contributed by atoms with E-state index in [-0.39, 0.29) is 0 Å². The van der Waals surface area contributed by atoms with E-state index in [0.29, 0.717) is 5.69 Å². The number of benzene rings is 1. The summed E-state index contributed by atoms with van der Waals surface area (Å²) in [5.41, 5.74) is 0.505. The molecule has 0 aliphatic carbocycles. The van der Waals surface area contributed by atoms with Crippen molar-refractivity contribution >= 4 is 37.0 Å². The third-order valence-corrected chi connectivity index (χ3v) is 5.23. The highest BCUT2D eigenvalue weighted by Crippen LogP contribution is 2.17. The summed E-state index contributed by atoms with van der Waals surface area (Å²) in [4.78, 5) is 0. The lowest BCUT2D eigenvalue weighted by Gasteiger charge is -2.09. The fourth-order valence-corrected chi connectivity index (χ4v) is 2.46. The third-order valence-electron chi connectivity index (χ3n) is 1.40. The van der Waals surface area contributed by atoms with Crippen molar-refractivity contribution < 1.29 is 16.0 Å². The second-order valence-corrected chi connectivity index (χ2v) is 6.53. The molecule has 78 valence electrons. The zero-order valence-corrected chi connectivity index (χ0v) is 9.90. The second-order valence-electron chi connectivity index (χ2n) is 2.43. The molecule has 0 aliphatic heterocycles. The van der Waals surface area contributed by atoms with E-state index in [1.165, 1.54) is 0 Å². The Labute approximate surface area is 91.9 Å². The first kappa shape index (κ1) is 11.5. The molecule has 1 unspecified atom stereocenters. The van der Waals surface area contributed by atoms with Gasteiger partial charge in [-0.2, -0.15) is 8.42 Å². The van der Waals surface area contributed by atoms with E-state index in [0.717, 1.165) is 0 Å². The van der Waals surface area contributed by atoms with Gasteiger partial charge in [0.25, 0.3) is 10.1 Å². The van der Waals surface area contributed by atoms with E-state index in [2.05, 4.69) is 5.32 Å². The minimum absolute atomic E-state index is 0.505. The maximum Gasteiger partial charge on any atom is 0.298 e. The third kappa shape index (κ3) is 3.31. The topological polar surface area (TPSA) is 83.5 Å². The lowest BCUT2D eigenvalue weighted by atomic mass is 10.3. The van der Waals surface area contributed by atoms with Crippen LogP contribution in [-0.2, 0) is 13.2 Å². The Hall–Kier alpha value is -0.540. The van der Waals surface area contributed by atoms with Crippen molar-refractivity contribution in [2.45, 2.75) is 3.38 Å². The summed E-state index contributed by atoms with van der Waals surface area (Å²) in [6.07, 6.45) is 0. The Bertz CT molecular complexity index is 405. The number of hydrogen-bond acceptors (Lipinski definition) is 4. The van der Waals surface area contributed by atoms with Crippen LogP contribution in [0.1, 0.15) is 0 Å². The lowest BCUT2D eigenvalue weighted by Crippen LogP contribution is -2.22. The maximum atomic E-state index is 10.7. The highest BCUT2D eigenvalue weighted by atomic mass is 127. The molecule has 0 saturated heterocycles. The molecular formula is C7H8INO4S. The molecule has 0 aliphatic rings. The maximum absolute atomic E-state index is 10.7. The number of rotatable bonds is 4. The molecule has 1 aromatic carbocycles. The zero-order chi connectivity index (χ0) is 10.6. The standard InChI is InChI=1S/C7H8INO4S/c10-8-7(14(11,12)13)9-6-4-2-1-3-5-6/h1-5,7,9H,(H,11,12,13). The SMILES string of the molecule is O=IC(Nc1ccccc1)S(=O)(=O)O.